The Morgan fingerprint density at radius 1 is 1.06 bits per heavy atom. The molecule has 0 aliphatic rings. The van der Waals surface area contributed by atoms with Crippen LogP contribution >= 0.6 is 11.6 Å². The van der Waals surface area contributed by atoms with Gasteiger partial charge in [0.2, 0.25) is 11.8 Å². The molecular formula is C25H26ClN5O2. The third kappa shape index (κ3) is 5.62. The molecule has 33 heavy (non-hydrogen) atoms. The van der Waals surface area contributed by atoms with Gasteiger partial charge in [-0.05, 0) is 35.7 Å². The van der Waals surface area contributed by atoms with Crippen molar-refractivity contribution in [2.45, 2.75) is 25.9 Å². The Morgan fingerprint density at radius 2 is 1.82 bits per heavy atom. The van der Waals surface area contributed by atoms with E-state index in [9.17, 15) is 9.59 Å². The number of hydrogen-bond donors (Lipinski definition) is 1. The molecule has 0 atom stereocenters. The van der Waals surface area contributed by atoms with Crippen molar-refractivity contribution < 1.29 is 9.59 Å². The number of nitrogens with zero attached hydrogens (tertiary/aromatic N) is 4. The number of carbonyl (C=O) groups is 2. The van der Waals surface area contributed by atoms with Crippen molar-refractivity contribution in [1.82, 2.24) is 19.2 Å². The van der Waals surface area contributed by atoms with Crippen LogP contribution < -0.4 is 5.32 Å². The van der Waals surface area contributed by atoms with Crippen LogP contribution in [0.5, 0.6) is 0 Å². The van der Waals surface area contributed by atoms with Crippen molar-refractivity contribution in [1.29, 1.82) is 0 Å². The van der Waals surface area contributed by atoms with Crippen LogP contribution in [0.3, 0.4) is 0 Å². The molecule has 0 radical (unpaired) electrons. The maximum Gasteiger partial charge on any atom is 0.243 e. The first-order valence-corrected chi connectivity index (χ1v) is 11.1. The Labute approximate surface area is 197 Å². The molecule has 7 nitrogen and oxygen atoms in total. The first kappa shape index (κ1) is 22.6. The van der Waals surface area contributed by atoms with Gasteiger partial charge < -0.3 is 14.8 Å². The summed E-state index contributed by atoms with van der Waals surface area (Å²) in [5.74, 6) is -0.158. The molecule has 0 bridgehead atoms. The quantitative estimate of drug-likeness (QED) is 0.425. The fourth-order valence-electron chi connectivity index (χ4n) is 3.71. The molecule has 8 heteroatoms. The molecule has 4 aromatic rings. The number of aryl methyl sites for hydroxylation is 1. The smallest absolute Gasteiger partial charge is 0.243 e. The number of amides is 2. The first-order valence-electron chi connectivity index (χ1n) is 10.7. The SMILES string of the molecule is CN(C)C(=O)Cn1cc(NC(=O)CCc2cn(Cc3ccc(Cl)cc3)c3ccccc23)cn1. The number of benzene rings is 2. The lowest BCUT2D eigenvalue weighted by Crippen LogP contribution is -2.26. The van der Waals surface area contributed by atoms with Gasteiger partial charge in [-0.2, -0.15) is 5.10 Å². The molecule has 0 saturated carbocycles. The van der Waals surface area contributed by atoms with Crippen LogP contribution in [0.2, 0.25) is 5.02 Å². The molecule has 2 heterocycles. The van der Waals surface area contributed by atoms with Gasteiger partial charge >= 0.3 is 0 Å². The second-order valence-electron chi connectivity index (χ2n) is 8.19. The van der Waals surface area contributed by atoms with Crippen LogP contribution in [-0.4, -0.2) is 45.2 Å². The molecule has 2 amide bonds. The van der Waals surface area contributed by atoms with Gasteiger partial charge in [0.05, 0.1) is 11.9 Å². The predicted octanol–water partition coefficient (Wildman–Crippen LogP) is 4.20. The van der Waals surface area contributed by atoms with Gasteiger partial charge in [0, 0.05) is 55.4 Å². The van der Waals surface area contributed by atoms with Crippen molar-refractivity contribution in [2.75, 3.05) is 19.4 Å². The highest BCUT2D eigenvalue weighted by atomic mass is 35.5. The standard InChI is InChI=1S/C25H26ClN5O2/c1-29(2)25(33)17-31-16-21(13-27-31)28-24(32)12-9-19-15-30(23-6-4-3-5-22(19)23)14-18-7-10-20(26)11-8-18/h3-8,10-11,13,15-16H,9,12,14,17H2,1-2H3,(H,28,32). The summed E-state index contributed by atoms with van der Waals surface area (Å²) < 4.78 is 3.72. The third-order valence-electron chi connectivity index (χ3n) is 5.47. The molecule has 0 saturated heterocycles. The zero-order chi connectivity index (χ0) is 23.4. The lowest BCUT2D eigenvalue weighted by Gasteiger charge is -2.09. The van der Waals surface area contributed by atoms with Crippen molar-refractivity contribution in [3.05, 3.63) is 83.3 Å². The van der Waals surface area contributed by atoms with E-state index < -0.39 is 0 Å². The van der Waals surface area contributed by atoms with Crippen molar-refractivity contribution in [2.24, 2.45) is 0 Å². The number of anilines is 1. The highest BCUT2D eigenvalue weighted by molar-refractivity contribution is 6.30. The van der Waals surface area contributed by atoms with E-state index in [0.717, 1.165) is 33.6 Å². The highest BCUT2D eigenvalue weighted by Crippen LogP contribution is 2.24. The number of aromatic nitrogens is 3. The molecule has 0 aliphatic carbocycles. The maximum absolute atomic E-state index is 12.5. The van der Waals surface area contributed by atoms with E-state index in [1.807, 2.05) is 36.4 Å². The molecule has 0 spiro atoms. The number of nitrogens with one attached hydrogen (secondary N) is 1. The summed E-state index contributed by atoms with van der Waals surface area (Å²) in [7, 11) is 3.39. The van der Waals surface area contributed by atoms with Crippen molar-refractivity contribution in [3.63, 3.8) is 0 Å². The van der Waals surface area contributed by atoms with Gasteiger partial charge in [0.15, 0.2) is 0 Å². The molecule has 0 fully saturated rings. The van der Waals surface area contributed by atoms with Crippen LogP contribution in [0, 0.1) is 0 Å². The largest absolute Gasteiger partial charge is 0.347 e. The average molecular weight is 464 g/mol. The average Bonchev–Trinajstić information content (AvgIpc) is 3.38. The Balaban J connectivity index is 1.41. The summed E-state index contributed by atoms with van der Waals surface area (Å²) in [6.07, 6.45) is 6.30. The van der Waals surface area contributed by atoms with Crippen LogP contribution in [0.1, 0.15) is 17.5 Å². The summed E-state index contributed by atoms with van der Waals surface area (Å²) in [5.41, 5.74) is 4.00. The Morgan fingerprint density at radius 3 is 2.58 bits per heavy atom. The van der Waals surface area contributed by atoms with Gasteiger partial charge in [-0.15, -0.1) is 0 Å². The maximum atomic E-state index is 12.5. The van der Waals surface area contributed by atoms with E-state index >= 15 is 0 Å². The molecule has 4 rings (SSSR count). The van der Waals surface area contributed by atoms with Crippen LogP contribution in [-0.2, 0) is 29.1 Å². The van der Waals surface area contributed by atoms with E-state index in [2.05, 4.69) is 33.3 Å². The zero-order valence-electron chi connectivity index (χ0n) is 18.7. The van der Waals surface area contributed by atoms with E-state index in [1.165, 1.54) is 9.58 Å². The molecule has 2 aromatic carbocycles. The van der Waals surface area contributed by atoms with Crippen LogP contribution in [0.15, 0.2) is 67.1 Å². The van der Waals surface area contributed by atoms with Gasteiger partial charge in [-0.25, -0.2) is 0 Å². The van der Waals surface area contributed by atoms with Gasteiger partial charge in [0.1, 0.15) is 6.54 Å². The van der Waals surface area contributed by atoms with Gasteiger partial charge in [0.25, 0.3) is 0 Å². The molecule has 0 aliphatic heterocycles. The lowest BCUT2D eigenvalue weighted by molar-refractivity contribution is -0.129. The topological polar surface area (TPSA) is 72.2 Å². The lowest BCUT2D eigenvalue weighted by atomic mass is 10.1. The van der Waals surface area contributed by atoms with E-state index in [0.29, 0.717) is 18.5 Å². The Kier molecular flexibility index (Phi) is 6.79. The minimum Gasteiger partial charge on any atom is -0.347 e. The summed E-state index contributed by atoms with van der Waals surface area (Å²) >= 11 is 6.01. The molecule has 0 unspecified atom stereocenters. The minimum absolute atomic E-state index is 0.0639. The zero-order valence-corrected chi connectivity index (χ0v) is 19.4. The van der Waals surface area contributed by atoms with E-state index in [-0.39, 0.29) is 18.4 Å². The van der Waals surface area contributed by atoms with Crippen LogP contribution in [0.4, 0.5) is 5.69 Å². The molecular weight excluding hydrogens is 438 g/mol. The first-order chi connectivity index (χ1) is 15.9. The Bertz CT molecular complexity index is 1270. The molecule has 1 N–H and O–H groups in total. The summed E-state index contributed by atoms with van der Waals surface area (Å²) in [5, 5.41) is 8.88. The van der Waals surface area contributed by atoms with E-state index in [4.69, 9.17) is 11.6 Å². The van der Waals surface area contributed by atoms with Crippen LogP contribution in [0.25, 0.3) is 10.9 Å². The Hall–Kier alpha value is -3.58. The summed E-state index contributed by atoms with van der Waals surface area (Å²) in [4.78, 5) is 25.9. The van der Waals surface area contributed by atoms with Crippen molar-refractivity contribution in [3.8, 4) is 0 Å². The predicted molar refractivity (Wildman–Crippen MR) is 130 cm³/mol. The number of halogens is 1. The second-order valence-corrected chi connectivity index (χ2v) is 8.63. The normalized spacial score (nSPS) is 11.0. The summed E-state index contributed by atoms with van der Waals surface area (Å²) in [6, 6.07) is 16.1. The van der Waals surface area contributed by atoms with Gasteiger partial charge in [-0.3, -0.25) is 14.3 Å². The molecule has 2 aromatic heterocycles. The fraction of sp³-hybridized carbons (Fsp3) is 0.240. The van der Waals surface area contributed by atoms with Crippen molar-refractivity contribution >= 4 is 40.0 Å². The number of likely N-dealkylation sites (N-methyl/N-ethyl adjacent to an activating group) is 1. The molecule has 170 valence electrons. The minimum atomic E-state index is -0.0944. The number of carbonyl (C=O) groups excluding carboxylic acids is 2. The fourth-order valence-corrected chi connectivity index (χ4v) is 3.83. The number of fused-ring (bicyclic) bond motifs is 1. The highest BCUT2D eigenvalue weighted by Gasteiger charge is 2.12. The third-order valence-corrected chi connectivity index (χ3v) is 5.72. The summed E-state index contributed by atoms with van der Waals surface area (Å²) in [6.45, 7) is 0.866. The monoisotopic (exact) mass is 463 g/mol. The second kappa shape index (κ2) is 9.92. The van der Waals surface area contributed by atoms with E-state index in [1.54, 1.807) is 26.5 Å². The number of para-hydroxylation sites is 1. The van der Waals surface area contributed by atoms with Gasteiger partial charge in [-0.1, -0.05) is 41.9 Å². The number of hydrogen-bond acceptors (Lipinski definition) is 3. The number of rotatable bonds is 8.